The molecule has 0 bridgehead atoms. The predicted octanol–water partition coefficient (Wildman–Crippen LogP) is 4.29. The number of benzene rings is 2. The van der Waals surface area contributed by atoms with E-state index in [0.717, 1.165) is 24.8 Å². The average Bonchev–Trinajstić information content (AvgIpc) is 3.32. The summed E-state index contributed by atoms with van der Waals surface area (Å²) in [6.07, 6.45) is 2.81. The van der Waals surface area contributed by atoms with Crippen LogP contribution >= 0.6 is 11.3 Å². The topological polar surface area (TPSA) is 29.1 Å². The Labute approximate surface area is 140 Å². The Hall–Kier alpha value is -2.13. The summed E-state index contributed by atoms with van der Waals surface area (Å²) in [4.78, 5) is 12.6. The summed E-state index contributed by atoms with van der Waals surface area (Å²) in [5.74, 6) is 0.184. The number of rotatable bonds is 5. The number of fused-ring (bicyclic) bond motifs is 1. The maximum atomic E-state index is 12.6. The van der Waals surface area contributed by atoms with Crippen molar-refractivity contribution in [3.63, 3.8) is 0 Å². The highest BCUT2D eigenvalue weighted by atomic mass is 32.1. The highest BCUT2D eigenvalue weighted by Gasteiger charge is 2.50. The van der Waals surface area contributed by atoms with Gasteiger partial charge in [-0.15, -0.1) is 11.3 Å². The predicted molar refractivity (Wildman–Crippen MR) is 95.9 cm³/mol. The van der Waals surface area contributed by atoms with Gasteiger partial charge >= 0.3 is 0 Å². The highest BCUT2D eigenvalue weighted by molar-refractivity contribution is 7.17. The van der Waals surface area contributed by atoms with Crippen LogP contribution in [-0.4, -0.2) is 12.5 Å². The van der Waals surface area contributed by atoms with Gasteiger partial charge in [0.1, 0.15) is 0 Å². The van der Waals surface area contributed by atoms with Gasteiger partial charge in [-0.25, -0.2) is 0 Å². The molecular formula is C20H19NOS. The van der Waals surface area contributed by atoms with Gasteiger partial charge in [0.15, 0.2) is 0 Å². The summed E-state index contributed by atoms with van der Waals surface area (Å²) in [6, 6.07) is 18.6. The second-order valence-electron chi connectivity index (χ2n) is 6.21. The zero-order valence-electron chi connectivity index (χ0n) is 12.9. The van der Waals surface area contributed by atoms with Crippen molar-refractivity contribution in [2.45, 2.75) is 24.7 Å². The number of amides is 1. The molecule has 0 radical (unpaired) electrons. The van der Waals surface area contributed by atoms with Crippen molar-refractivity contribution < 1.29 is 4.79 Å². The van der Waals surface area contributed by atoms with Gasteiger partial charge in [0, 0.05) is 11.2 Å². The monoisotopic (exact) mass is 321 g/mol. The number of carbonyl (C=O) groups excluding carboxylic acids is 1. The molecule has 3 heteroatoms. The largest absolute Gasteiger partial charge is 0.355 e. The van der Waals surface area contributed by atoms with Gasteiger partial charge in [0.05, 0.1) is 5.41 Å². The first-order chi connectivity index (χ1) is 11.3. The van der Waals surface area contributed by atoms with E-state index in [0.29, 0.717) is 6.54 Å². The minimum Gasteiger partial charge on any atom is -0.355 e. The summed E-state index contributed by atoms with van der Waals surface area (Å²) in [5.41, 5.74) is 2.21. The lowest BCUT2D eigenvalue weighted by Crippen LogP contribution is -2.35. The van der Waals surface area contributed by atoms with Crippen molar-refractivity contribution in [3.05, 3.63) is 71.1 Å². The van der Waals surface area contributed by atoms with E-state index >= 15 is 0 Å². The molecule has 3 aromatic rings. The maximum Gasteiger partial charge on any atom is 0.230 e. The zero-order valence-corrected chi connectivity index (χ0v) is 13.7. The van der Waals surface area contributed by atoms with E-state index in [4.69, 9.17) is 0 Å². The molecule has 1 amide bonds. The molecule has 1 aliphatic rings. The summed E-state index contributed by atoms with van der Waals surface area (Å²) >= 11 is 1.77. The van der Waals surface area contributed by atoms with Crippen molar-refractivity contribution in [3.8, 4) is 0 Å². The van der Waals surface area contributed by atoms with Gasteiger partial charge in [-0.3, -0.25) is 4.79 Å². The maximum absolute atomic E-state index is 12.6. The number of nitrogens with one attached hydrogen (secondary N) is 1. The standard InChI is InChI=1S/C20H19NOS/c22-19(20(11-12-20)16-6-2-1-3-7-16)21-13-10-15-14-23-18-9-5-4-8-17(15)18/h1-9,14H,10-13H2,(H,21,22). The number of thiophene rings is 1. The summed E-state index contributed by atoms with van der Waals surface area (Å²) in [5, 5.41) is 6.68. The Morgan fingerprint density at radius 2 is 1.78 bits per heavy atom. The first-order valence-electron chi connectivity index (χ1n) is 8.08. The van der Waals surface area contributed by atoms with E-state index in [9.17, 15) is 4.79 Å². The molecule has 2 aromatic carbocycles. The molecular weight excluding hydrogens is 302 g/mol. The molecule has 1 N–H and O–H groups in total. The Morgan fingerprint density at radius 1 is 1.04 bits per heavy atom. The molecule has 1 aliphatic carbocycles. The van der Waals surface area contributed by atoms with Crippen LogP contribution in [-0.2, 0) is 16.6 Å². The molecule has 0 saturated heterocycles. The van der Waals surface area contributed by atoms with Gasteiger partial charge in [-0.05, 0) is 47.2 Å². The van der Waals surface area contributed by atoms with E-state index < -0.39 is 0 Å². The third kappa shape index (κ3) is 2.66. The summed E-state index contributed by atoms with van der Waals surface area (Å²) < 4.78 is 1.32. The quantitative estimate of drug-likeness (QED) is 0.746. The summed E-state index contributed by atoms with van der Waals surface area (Å²) in [7, 11) is 0. The van der Waals surface area contributed by atoms with Crippen LogP contribution in [0.4, 0.5) is 0 Å². The van der Waals surface area contributed by atoms with Crippen molar-refractivity contribution in [2.75, 3.05) is 6.54 Å². The third-order valence-corrected chi connectivity index (χ3v) is 5.76. The minimum absolute atomic E-state index is 0.184. The molecule has 1 fully saturated rings. The number of carbonyl (C=O) groups is 1. The first-order valence-corrected chi connectivity index (χ1v) is 8.96. The van der Waals surface area contributed by atoms with Crippen molar-refractivity contribution in [1.82, 2.24) is 5.32 Å². The van der Waals surface area contributed by atoms with Crippen LogP contribution < -0.4 is 5.32 Å². The average molecular weight is 321 g/mol. The minimum atomic E-state index is -0.266. The van der Waals surface area contributed by atoms with Gasteiger partial charge < -0.3 is 5.32 Å². The van der Waals surface area contributed by atoms with E-state index in [1.807, 2.05) is 18.2 Å². The van der Waals surface area contributed by atoms with Crippen LogP contribution in [0, 0.1) is 0 Å². The molecule has 2 nitrogen and oxygen atoms in total. The fourth-order valence-corrected chi connectivity index (χ4v) is 4.23. The Morgan fingerprint density at radius 3 is 2.57 bits per heavy atom. The van der Waals surface area contributed by atoms with Crippen molar-refractivity contribution in [2.24, 2.45) is 0 Å². The molecule has 0 aliphatic heterocycles. The molecule has 4 rings (SSSR count). The highest BCUT2D eigenvalue weighted by Crippen LogP contribution is 2.48. The van der Waals surface area contributed by atoms with Crippen LogP contribution in [0.1, 0.15) is 24.0 Å². The normalized spacial score (nSPS) is 15.5. The molecule has 0 spiro atoms. The zero-order chi connectivity index (χ0) is 15.7. The molecule has 1 aromatic heterocycles. The lowest BCUT2D eigenvalue weighted by atomic mass is 9.95. The van der Waals surface area contributed by atoms with Gasteiger partial charge in [0.25, 0.3) is 0 Å². The smallest absolute Gasteiger partial charge is 0.230 e. The van der Waals surface area contributed by atoms with Crippen molar-refractivity contribution >= 4 is 27.3 Å². The first kappa shape index (κ1) is 14.5. The lowest BCUT2D eigenvalue weighted by Gasteiger charge is -2.15. The fraction of sp³-hybridized carbons (Fsp3) is 0.250. The second-order valence-corrected chi connectivity index (χ2v) is 7.12. The second kappa shape index (κ2) is 5.82. The van der Waals surface area contributed by atoms with Crippen molar-refractivity contribution in [1.29, 1.82) is 0 Å². The molecule has 116 valence electrons. The third-order valence-electron chi connectivity index (χ3n) is 4.75. The van der Waals surface area contributed by atoms with E-state index in [1.54, 1.807) is 11.3 Å². The van der Waals surface area contributed by atoms with Crippen LogP contribution in [0.25, 0.3) is 10.1 Å². The van der Waals surface area contributed by atoms with Crippen LogP contribution in [0.15, 0.2) is 60.0 Å². The van der Waals surface area contributed by atoms with E-state index in [-0.39, 0.29) is 11.3 Å². The molecule has 0 atom stereocenters. The number of hydrogen-bond acceptors (Lipinski definition) is 2. The molecule has 0 unspecified atom stereocenters. The van der Waals surface area contributed by atoms with E-state index in [1.165, 1.54) is 15.6 Å². The van der Waals surface area contributed by atoms with E-state index in [2.05, 4.69) is 47.1 Å². The Bertz CT molecular complexity index is 833. The molecule has 1 heterocycles. The Kier molecular flexibility index (Phi) is 3.66. The number of hydrogen-bond donors (Lipinski definition) is 1. The molecule has 23 heavy (non-hydrogen) atoms. The van der Waals surface area contributed by atoms with Crippen LogP contribution in [0.3, 0.4) is 0 Å². The lowest BCUT2D eigenvalue weighted by molar-refractivity contribution is -0.123. The van der Waals surface area contributed by atoms with Gasteiger partial charge in [0.2, 0.25) is 5.91 Å². The Balaban J connectivity index is 1.41. The SMILES string of the molecule is O=C(NCCc1csc2ccccc12)C1(c2ccccc2)CC1. The molecule has 1 saturated carbocycles. The van der Waals surface area contributed by atoms with Gasteiger partial charge in [-0.1, -0.05) is 48.5 Å². The summed E-state index contributed by atoms with van der Waals surface area (Å²) in [6.45, 7) is 0.703. The van der Waals surface area contributed by atoms with Gasteiger partial charge in [-0.2, -0.15) is 0 Å². The van der Waals surface area contributed by atoms with Crippen LogP contribution in [0.2, 0.25) is 0 Å². The fourth-order valence-electron chi connectivity index (χ4n) is 3.24. The van der Waals surface area contributed by atoms with Crippen LogP contribution in [0.5, 0.6) is 0 Å².